The van der Waals surface area contributed by atoms with Crippen LogP contribution in [-0.2, 0) is 6.42 Å². The van der Waals surface area contributed by atoms with Crippen LogP contribution in [0.15, 0.2) is 46.9 Å². The Labute approximate surface area is 134 Å². The van der Waals surface area contributed by atoms with Crippen molar-refractivity contribution in [2.75, 3.05) is 19.5 Å². The monoisotopic (exact) mass is 349 g/mol. The van der Waals surface area contributed by atoms with Crippen LogP contribution in [0.25, 0.3) is 0 Å². The van der Waals surface area contributed by atoms with Gasteiger partial charge in [0.15, 0.2) is 0 Å². The molecule has 21 heavy (non-hydrogen) atoms. The summed E-state index contributed by atoms with van der Waals surface area (Å²) in [7, 11) is 3.38. The highest BCUT2D eigenvalue weighted by Crippen LogP contribution is 2.28. The molecular formula is C17H20BrNO2. The van der Waals surface area contributed by atoms with E-state index in [1.165, 1.54) is 5.56 Å². The van der Waals surface area contributed by atoms with Crippen molar-refractivity contribution in [2.45, 2.75) is 19.4 Å². The molecule has 0 fully saturated rings. The second kappa shape index (κ2) is 7.36. The molecule has 2 rings (SSSR count). The SMILES string of the molecule is COc1ccc(Br)c(NC(C)Cc2ccccc2OC)c1. The predicted molar refractivity (Wildman–Crippen MR) is 90.5 cm³/mol. The highest BCUT2D eigenvalue weighted by atomic mass is 79.9. The largest absolute Gasteiger partial charge is 0.497 e. The van der Waals surface area contributed by atoms with Crippen molar-refractivity contribution < 1.29 is 9.47 Å². The number of anilines is 1. The van der Waals surface area contributed by atoms with Gasteiger partial charge < -0.3 is 14.8 Å². The number of ether oxygens (including phenoxy) is 2. The highest BCUT2D eigenvalue weighted by molar-refractivity contribution is 9.10. The summed E-state index contributed by atoms with van der Waals surface area (Å²) < 4.78 is 11.7. The minimum Gasteiger partial charge on any atom is -0.497 e. The maximum Gasteiger partial charge on any atom is 0.122 e. The third-order valence-corrected chi connectivity index (χ3v) is 3.99. The molecular weight excluding hydrogens is 330 g/mol. The molecule has 2 aromatic carbocycles. The summed E-state index contributed by atoms with van der Waals surface area (Å²) in [5, 5.41) is 3.50. The van der Waals surface area contributed by atoms with Crippen LogP contribution in [0.1, 0.15) is 12.5 Å². The molecule has 2 aromatic rings. The fourth-order valence-corrected chi connectivity index (χ4v) is 2.62. The molecule has 4 heteroatoms. The summed E-state index contributed by atoms with van der Waals surface area (Å²) in [6.07, 6.45) is 0.883. The molecule has 0 spiro atoms. The second-order valence-electron chi connectivity index (χ2n) is 4.91. The fraction of sp³-hybridized carbons (Fsp3) is 0.294. The molecule has 0 aromatic heterocycles. The van der Waals surface area contributed by atoms with Crippen LogP contribution in [0, 0.1) is 0 Å². The van der Waals surface area contributed by atoms with Crippen LogP contribution >= 0.6 is 15.9 Å². The zero-order valence-corrected chi connectivity index (χ0v) is 14.1. The van der Waals surface area contributed by atoms with Crippen molar-refractivity contribution in [2.24, 2.45) is 0 Å². The molecule has 1 unspecified atom stereocenters. The van der Waals surface area contributed by atoms with Crippen molar-refractivity contribution >= 4 is 21.6 Å². The number of rotatable bonds is 6. The van der Waals surface area contributed by atoms with Crippen molar-refractivity contribution in [1.29, 1.82) is 0 Å². The van der Waals surface area contributed by atoms with Crippen molar-refractivity contribution in [1.82, 2.24) is 0 Å². The van der Waals surface area contributed by atoms with Crippen LogP contribution in [0.5, 0.6) is 11.5 Å². The summed E-state index contributed by atoms with van der Waals surface area (Å²) in [5.41, 5.74) is 2.22. The number of nitrogens with one attached hydrogen (secondary N) is 1. The molecule has 0 aliphatic heterocycles. The topological polar surface area (TPSA) is 30.5 Å². The van der Waals surface area contributed by atoms with Gasteiger partial charge in [-0.3, -0.25) is 0 Å². The van der Waals surface area contributed by atoms with E-state index < -0.39 is 0 Å². The third-order valence-electron chi connectivity index (χ3n) is 3.29. The molecule has 0 amide bonds. The molecule has 0 saturated heterocycles. The average molecular weight is 350 g/mol. The third kappa shape index (κ3) is 4.14. The van der Waals surface area contributed by atoms with Crippen molar-refractivity contribution in [3.8, 4) is 11.5 Å². The first-order valence-corrected chi connectivity index (χ1v) is 7.65. The van der Waals surface area contributed by atoms with Crippen LogP contribution in [0.3, 0.4) is 0 Å². The summed E-state index contributed by atoms with van der Waals surface area (Å²) >= 11 is 3.56. The second-order valence-corrected chi connectivity index (χ2v) is 5.76. The minimum atomic E-state index is 0.268. The number of methoxy groups -OCH3 is 2. The fourth-order valence-electron chi connectivity index (χ4n) is 2.26. The lowest BCUT2D eigenvalue weighted by Gasteiger charge is -2.18. The molecule has 0 bridgehead atoms. The molecule has 112 valence electrons. The Kier molecular flexibility index (Phi) is 5.51. The normalized spacial score (nSPS) is 11.8. The standard InChI is InChI=1S/C17H20BrNO2/c1-12(10-13-6-4-5-7-17(13)21-3)19-16-11-14(20-2)8-9-15(16)18/h4-9,11-12,19H,10H2,1-3H3. The van der Waals surface area contributed by atoms with Crippen LogP contribution in [0.4, 0.5) is 5.69 Å². The van der Waals surface area contributed by atoms with Crippen LogP contribution in [0.2, 0.25) is 0 Å². The minimum absolute atomic E-state index is 0.268. The van der Waals surface area contributed by atoms with Gasteiger partial charge in [0.25, 0.3) is 0 Å². The lowest BCUT2D eigenvalue weighted by molar-refractivity contribution is 0.408. The molecule has 0 heterocycles. The zero-order chi connectivity index (χ0) is 15.2. The van der Waals surface area contributed by atoms with Gasteiger partial charge in [-0.1, -0.05) is 18.2 Å². The van der Waals surface area contributed by atoms with E-state index in [4.69, 9.17) is 9.47 Å². The Morgan fingerprint density at radius 2 is 1.86 bits per heavy atom. The Balaban J connectivity index is 2.09. The van der Waals surface area contributed by atoms with E-state index in [-0.39, 0.29) is 6.04 Å². The number of benzene rings is 2. The molecule has 0 aliphatic rings. The van der Waals surface area contributed by atoms with Gasteiger partial charge in [-0.25, -0.2) is 0 Å². The van der Waals surface area contributed by atoms with E-state index in [9.17, 15) is 0 Å². The Hall–Kier alpha value is -1.68. The zero-order valence-electron chi connectivity index (χ0n) is 12.5. The number of para-hydroxylation sites is 1. The summed E-state index contributed by atoms with van der Waals surface area (Å²) in [5.74, 6) is 1.76. The Bertz CT molecular complexity index is 601. The Morgan fingerprint density at radius 1 is 1.10 bits per heavy atom. The van der Waals surface area contributed by atoms with E-state index >= 15 is 0 Å². The van der Waals surface area contributed by atoms with Crippen molar-refractivity contribution in [3.63, 3.8) is 0 Å². The highest BCUT2D eigenvalue weighted by Gasteiger charge is 2.10. The first kappa shape index (κ1) is 15.7. The Morgan fingerprint density at radius 3 is 2.57 bits per heavy atom. The van der Waals surface area contributed by atoms with Gasteiger partial charge in [0.2, 0.25) is 0 Å². The first-order valence-electron chi connectivity index (χ1n) is 6.86. The smallest absolute Gasteiger partial charge is 0.122 e. The molecule has 1 atom stereocenters. The van der Waals surface area contributed by atoms with E-state index in [1.54, 1.807) is 14.2 Å². The molecule has 0 aliphatic carbocycles. The molecule has 1 N–H and O–H groups in total. The maximum atomic E-state index is 5.40. The van der Waals surface area contributed by atoms with Crippen LogP contribution < -0.4 is 14.8 Å². The summed E-state index contributed by atoms with van der Waals surface area (Å²) in [4.78, 5) is 0. The van der Waals surface area contributed by atoms with Crippen molar-refractivity contribution in [3.05, 3.63) is 52.5 Å². The molecule has 0 radical (unpaired) electrons. The number of hydrogen-bond donors (Lipinski definition) is 1. The summed E-state index contributed by atoms with van der Waals surface area (Å²) in [6, 6.07) is 14.3. The molecule has 0 saturated carbocycles. The van der Waals surface area contributed by atoms with E-state index in [0.717, 1.165) is 28.1 Å². The first-order chi connectivity index (χ1) is 10.1. The van der Waals surface area contributed by atoms with Gasteiger partial charge in [0, 0.05) is 16.6 Å². The van der Waals surface area contributed by atoms with E-state index in [0.29, 0.717) is 0 Å². The van der Waals surface area contributed by atoms with Gasteiger partial charge in [-0.05, 0) is 53.0 Å². The lowest BCUT2D eigenvalue weighted by Crippen LogP contribution is -2.18. The van der Waals surface area contributed by atoms with Crippen LogP contribution in [-0.4, -0.2) is 20.3 Å². The summed E-state index contributed by atoms with van der Waals surface area (Å²) in [6.45, 7) is 2.15. The van der Waals surface area contributed by atoms with E-state index in [1.807, 2.05) is 36.4 Å². The van der Waals surface area contributed by atoms with Gasteiger partial charge >= 0.3 is 0 Å². The van der Waals surface area contributed by atoms with Gasteiger partial charge in [0.05, 0.1) is 19.9 Å². The quantitative estimate of drug-likeness (QED) is 0.832. The van der Waals surface area contributed by atoms with E-state index in [2.05, 4.69) is 34.2 Å². The van der Waals surface area contributed by atoms with Gasteiger partial charge in [-0.2, -0.15) is 0 Å². The van der Waals surface area contributed by atoms with Gasteiger partial charge in [-0.15, -0.1) is 0 Å². The average Bonchev–Trinajstić information content (AvgIpc) is 2.50. The predicted octanol–water partition coefficient (Wildman–Crippen LogP) is 4.51. The number of hydrogen-bond acceptors (Lipinski definition) is 3. The lowest BCUT2D eigenvalue weighted by atomic mass is 10.1. The number of halogens is 1. The maximum absolute atomic E-state index is 5.40. The van der Waals surface area contributed by atoms with Gasteiger partial charge in [0.1, 0.15) is 11.5 Å². The molecule has 3 nitrogen and oxygen atoms in total.